The minimum Gasteiger partial charge on any atom is -0.335 e. The van der Waals surface area contributed by atoms with Crippen LogP contribution in [0, 0.1) is 11.3 Å². The van der Waals surface area contributed by atoms with Crippen molar-refractivity contribution in [1.29, 1.82) is 5.26 Å². The molecule has 0 N–H and O–H groups in total. The number of amides is 2. The van der Waals surface area contributed by atoms with Crippen LogP contribution in [0.5, 0.6) is 0 Å². The van der Waals surface area contributed by atoms with Crippen LogP contribution in [-0.4, -0.2) is 41.2 Å². The van der Waals surface area contributed by atoms with Crippen LogP contribution in [0.2, 0.25) is 0 Å². The lowest BCUT2D eigenvalue weighted by Gasteiger charge is -2.39. The minimum absolute atomic E-state index is 0.0683. The van der Waals surface area contributed by atoms with Gasteiger partial charge in [-0.15, -0.1) is 0 Å². The zero-order valence-corrected chi connectivity index (χ0v) is 14.1. The first-order chi connectivity index (χ1) is 12.1. The van der Waals surface area contributed by atoms with Gasteiger partial charge in [0, 0.05) is 20.0 Å². The summed E-state index contributed by atoms with van der Waals surface area (Å²) in [7, 11) is 1.65. The molecule has 1 atom stereocenters. The molecule has 0 bridgehead atoms. The Morgan fingerprint density at radius 3 is 2.48 bits per heavy atom. The Hall–Kier alpha value is -3.13. The van der Waals surface area contributed by atoms with Gasteiger partial charge in [-0.1, -0.05) is 48.5 Å². The lowest BCUT2D eigenvalue weighted by atomic mass is 9.99. The molecule has 0 aliphatic carbocycles. The lowest BCUT2D eigenvalue weighted by molar-refractivity contribution is -0.155. The molecule has 1 fully saturated rings. The summed E-state index contributed by atoms with van der Waals surface area (Å²) < 4.78 is 0. The molecule has 5 nitrogen and oxygen atoms in total. The van der Waals surface area contributed by atoms with E-state index in [1.807, 2.05) is 42.5 Å². The maximum Gasteiger partial charge on any atom is 0.245 e. The molecule has 1 aliphatic rings. The van der Waals surface area contributed by atoms with Crippen LogP contribution < -0.4 is 0 Å². The average Bonchev–Trinajstić information content (AvgIpc) is 2.63. The van der Waals surface area contributed by atoms with Crippen molar-refractivity contribution >= 4 is 11.8 Å². The van der Waals surface area contributed by atoms with Gasteiger partial charge in [0.2, 0.25) is 11.8 Å². The van der Waals surface area contributed by atoms with E-state index in [1.54, 1.807) is 24.1 Å². The van der Waals surface area contributed by atoms with E-state index in [1.165, 1.54) is 4.90 Å². The van der Waals surface area contributed by atoms with Crippen molar-refractivity contribution in [1.82, 2.24) is 9.80 Å². The highest BCUT2D eigenvalue weighted by molar-refractivity contribution is 5.94. The van der Waals surface area contributed by atoms with E-state index >= 15 is 0 Å². The summed E-state index contributed by atoms with van der Waals surface area (Å²) in [5, 5.41) is 9.28. The Kier molecular flexibility index (Phi) is 4.80. The van der Waals surface area contributed by atoms with Crippen LogP contribution in [0.4, 0.5) is 0 Å². The van der Waals surface area contributed by atoms with E-state index in [0.717, 1.165) is 11.1 Å². The summed E-state index contributed by atoms with van der Waals surface area (Å²) in [6.45, 7) is 0.332. The Morgan fingerprint density at radius 2 is 1.76 bits per heavy atom. The highest BCUT2D eigenvalue weighted by Gasteiger charge is 2.37. The molecule has 5 heteroatoms. The van der Waals surface area contributed by atoms with Gasteiger partial charge in [0.15, 0.2) is 0 Å². The van der Waals surface area contributed by atoms with Gasteiger partial charge in [0.25, 0.3) is 0 Å². The number of nitriles is 1. The predicted octanol–water partition coefficient (Wildman–Crippen LogP) is 1.97. The van der Waals surface area contributed by atoms with E-state index in [4.69, 9.17) is 0 Å². The third-order valence-corrected chi connectivity index (χ3v) is 4.48. The molecule has 2 amide bonds. The fourth-order valence-electron chi connectivity index (χ4n) is 3.12. The first-order valence-corrected chi connectivity index (χ1v) is 8.16. The molecule has 126 valence electrons. The molecule has 0 unspecified atom stereocenters. The molecule has 0 spiro atoms. The van der Waals surface area contributed by atoms with Gasteiger partial charge in [-0.2, -0.15) is 5.26 Å². The standard InChI is InChI=1S/C20H19N3O2/c1-22-14-19(24)23(13-17-10-6-5-9-16(17)12-21)18(20(22)25)11-15-7-3-2-4-8-15/h2-10,18H,11,13-14H2,1H3/t18-/m0/s1. The van der Waals surface area contributed by atoms with Crippen molar-refractivity contribution in [3.8, 4) is 6.07 Å². The fraction of sp³-hybridized carbons (Fsp3) is 0.250. The van der Waals surface area contributed by atoms with Crippen LogP contribution in [-0.2, 0) is 22.6 Å². The first kappa shape index (κ1) is 16.7. The van der Waals surface area contributed by atoms with Crippen molar-refractivity contribution in [3.63, 3.8) is 0 Å². The quantitative estimate of drug-likeness (QED) is 0.859. The predicted molar refractivity (Wildman–Crippen MR) is 93.3 cm³/mol. The number of carbonyl (C=O) groups is 2. The molecule has 0 aromatic heterocycles. The SMILES string of the molecule is CN1CC(=O)N(Cc2ccccc2C#N)[C@@H](Cc2ccccc2)C1=O. The topological polar surface area (TPSA) is 64.4 Å². The van der Waals surface area contributed by atoms with Crippen molar-refractivity contribution < 1.29 is 9.59 Å². The van der Waals surface area contributed by atoms with Crippen LogP contribution in [0.25, 0.3) is 0 Å². The molecule has 2 aromatic carbocycles. The smallest absolute Gasteiger partial charge is 0.245 e. The molecule has 0 radical (unpaired) electrons. The number of carbonyl (C=O) groups excluding carboxylic acids is 2. The summed E-state index contributed by atoms with van der Waals surface area (Å²) in [6, 6.07) is 18.4. The number of rotatable bonds is 4. The van der Waals surface area contributed by atoms with Gasteiger partial charge in [0.05, 0.1) is 18.2 Å². The van der Waals surface area contributed by atoms with E-state index < -0.39 is 6.04 Å². The van der Waals surface area contributed by atoms with E-state index in [9.17, 15) is 14.9 Å². The van der Waals surface area contributed by atoms with Crippen LogP contribution >= 0.6 is 0 Å². The third kappa shape index (κ3) is 3.53. The first-order valence-electron chi connectivity index (χ1n) is 8.16. The zero-order valence-electron chi connectivity index (χ0n) is 14.1. The normalized spacial score (nSPS) is 17.5. The van der Waals surface area contributed by atoms with Gasteiger partial charge >= 0.3 is 0 Å². The second-order valence-electron chi connectivity index (χ2n) is 6.19. The summed E-state index contributed by atoms with van der Waals surface area (Å²) in [4.78, 5) is 28.4. The number of nitrogens with zero attached hydrogens (tertiary/aromatic N) is 3. The van der Waals surface area contributed by atoms with Gasteiger partial charge in [-0.05, 0) is 17.2 Å². The van der Waals surface area contributed by atoms with Gasteiger partial charge in [-0.3, -0.25) is 9.59 Å². The molecule has 1 saturated heterocycles. The van der Waals surface area contributed by atoms with Crippen LogP contribution in [0.1, 0.15) is 16.7 Å². The molecular formula is C20H19N3O2. The number of hydrogen-bond donors (Lipinski definition) is 0. The van der Waals surface area contributed by atoms with E-state index in [2.05, 4.69) is 6.07 Å². The van der Waals surface area contributed by atoms with E-state index in [0.29, 0.717) is 12.0 Å². The maximum atomic E-state index is 12.7. The van der Waals surface area contributed by atoms with Crippen LogP contribution in [0.15, 0.2) is 54.6 Å². The largest absolute Gasteiger partial charge is 0.335 e. The van der Waals surface area contributed by atoms with Gasteiger partial charge in [0.1, 0.15) is 6.04 Å². The Labute approximate surface area is 147 Å². The zero-order chi connectivity index (χ0) is 17.8. The van der Waals surface area contributed by atoms with Crippen molar-refractivity contribution in [2.75, 3.05) is 13.6 Å². The second kappa shape index (κ2) is 7.18. The highest BCUT2D eigenvalue weighted by Crippen LogP contribution is 2.20. The summed E-state index contributed by atoms with van der Waals surface area (Å²) in [5.41, 5.74) is 2.29. The van der Waals surface area contributed by atoms with Crippen molar-refractivity contribution in [2.45, 2.75) is 19.0 Å². The van der Waals surface area contributed by atoms with Crippen LogP contribution in [0.3, 0.4) is 0 Å². The minimum atomic E-state index is -0.555. The number of likely N-dealkylation sites (N-methyl/N-ethyl adjacent to an activating group) is 1. The maximum absolute atomic E-state index is 12.7. The number of hydrogen-bond acceptors (Lipinski definition) is 3. The monoisotopic (exact) mass is 333 g/mol. The number of piperazine rings is 1. The second-order valence-corrected chi connectivity index (χ2v) is 6.19. The number of benzene rings is 2. The fourth-order valence-corrected chi connectivity index (χ4v) is 3.12. The molecule has 2 aromatic rings. The summed E-state index contributed by atoms with van der Waals surface area (Å²) >= 11 is 0. The van der Waals surface area contributed by atoms with E-state index in [-0.39, 0.29) is 24.9 Å². The molecule has 3 rings (SSSR count). The van der Waals surface area contributed by atoms with Crippen molar-refractivity contribution in [3.05, 3.63) is 71.3 Å². The molecule has 1 aliphatic heterocycles. The molecule has 25 heavy (non-hydrogen) atoms. The Balaban J connectivity index is 1.91. The Bertz CT molecular complexity index is 826. The summed E-state index contributed by atoms with van der Waals surface area (Å²) in [5.74, 6) is -0.173. The summed E-state index contributed by atoms with van der Waals surface area (Å²) in [6.07, 6.45) is 0.463. The highest BCUT2D eigenvalue weighted by atomic mass is 16.2. The lowest BCUT2D eigenvalue weighted by Crippen LogP contribution is -2.59. The third-order valence-electron chi connectivity index (χ3n) is 4.48. The molecular weight excluding hydrogens is 314 g/mol. The van der Waals surface area contributed by atoms with Gasteiger partial charge in [-0.25, -0.2) is 0 Å². The van der Waals surface area contributed by atoms with Crippen molar-refractivity contribution in [2.24, 2.45) is 0 Å². The average molecular weight is 333 g/mol. The van der Waals surface area contributed by atoms with Gasteiger partial charge < -0.3 is 9.80 Å². The Morgan fingerprint density at radius 1 is 1.08 bits per heavy atom. The molecule has 1 heterocycles. The molecule has 0 saturated carbocycles.